The highest BCUT2D eigenvalue weighted by Gasteiger charge is 2.40. The maximum absolute atomic E-state index is 13.1. The van der Waals surface area contributed by atoms with Crippen LogP contribution in [0.1, 0.15) is 70.8 Å². The second-order valence-corrected chi connectivity index (χ2v) is 13.0. The molecule has 35 heavy (non-hydrogen) atoms. The molecule has 0 spiro atoms. The Kier molecular flexibility index (Phi) is 5.81. The number of amides is 1. The minimum absolute atomic E-state index is 0.000431. The second kappa shape index (κ2) is 8.47. The Morgan fingerprint density at radius 3 is 2.80 bits per heavy atom. The maximum atomic E-state index is 13.1. The van der Waals surface area contributed by atoms with E-state index in [0.717, 1.165) is 41.5 Å². The van der Waals surface area contributed by atoms with Crippen molar-refractivity contribution in [2.75, 3.05) is 0 Å². The van der Waals surface area contributed by atoms with E-state index in [2.05, 4.69) is 51.0 Å². The molecule has 3 aromatic heterocycles. The number of carbonyl (C=O) groups is 1. The van der Waals surface area contributed by atoms with Gasteiger partial charge in [0.05, 0.1) is 11.4 Å². The zero-order chi connectivity index (χ0) is 25.1. The second-order valence-electron chi connectivity index (χ2n) is 12.1. The molecule has 5 rings (SSSR count). The summed E-state index contributed by atoms with van der Waals surface area (Å²) in [6, 6.07) is 0.159. The highest BCUT2D eigenvalue weighted by Crippen LogP contribution is 2.41. The summed E-state index contributed by atoms with van der Waals surface area (Å²) in [5.41, 5.74) is 1.26. The van der Waals surface area contributed by atoms with Gasteiger partial charge >= 0.3 is 5.69 Å². The standard InChI is InChI=1S/C26H36N6O2S/c1-25(2,3)15-32-19-8-7-17(27-21(19)30(6)24(32)34)16-9-10-26(4,5)20(13-16)29-22(33)18-14-31-11-12-35-23(31)28-18/h8,11-12,14,16-17,20H,7,9-10,13,15H2,1-6H3,(H,29,33). The predicted molar refractivity (Wildman–Crippen MR) is 138 cm³/mol. The molecule has 0 aromatic carbocycles. The predicted octanol–water partition coefficient (Wildman–Crippen LogP) is 2.74. The lowest BCUT2D eigenvalue weighted by molar-refractivity contribution is 0.0772. The maximum Gasteiger partial charge on any atom is 0.330 e. The van der Waals surface area contributed by atoms with Gasteiger partial charge in [-0.3, -0.25) is 23.3 Å². The Balaban J connectivity index is 1.37. The number of rotatable bonds is 4. The molecule has 2 aliphatic rings. The highest BCUT2D eigenvalue weighted by atomic mass is 32.1. The van der Waals surface area contributed by atoms with Crippen LogP contribution in [0.15, 0.2) is 27.6 Å². The average molecular weight is 497 g/mol. The fraction of sp³-hybridized carbons (Fsp3) is 0.615. The van der Waals surface area contributed by atoms with E-state index >= 15 is 0 Å². The first-order valence-electron chi connectivity index (χ1n) is 12.5. The van der Waals surface area contributed by atoms with Gasteiger partial charge in [-0.1, -0.05) is 40.7 Å². The van der Waals surface area contributed by atoms with Crippen LogP contribution in [0.25, 0.3) is 11.0 Å². The Hall–Kier alpha value is -2.68. The third kappa shape index (κ3) is 4.50. The number of thiazole rings is 1. The number of hydrogen-bond donors (Lipinski definition) is 1. The minimum Gasteiger partial charge on any atom is -0.347 e. The minimum atomic E-state index is -0.115. The molecule has 1 aliphatic carbocycles. The van der Waals surface area contributed by atoms with Gasteiger partial charge in [0.2, 0.25) is 0 Å². The van der Waals surface area contributed by atoms with Crippen molar-refractivity contribution in [1.29, 1.82) is 0 Å². The SMILES string of the molecule is Cn1c2c(n(CC(C)(C)C)c1=O)=CCC(C1CCC(C)(C)C(NC(=O)c3cn4ccsc4n3)C1)N=2. The molecule has 3 unspecified atom stereocenters. The van der Waals surface area contributed by atoms with Crippen molar-refractivity contribution in [3.8, 4) is 0 Å². The molecule has 188 valence electrons. The molecule has 3 atom stereocenters. The Morgan fingerprint density at radius 2 is 2.09 bits per heavy atom. The molecular formula is C26H36N6O2S. The molecule has 1 fully saturated rings. The lowest BCUT2D eigenvalue weighted by Crippen LogP contribution is -2.51. The summed E-state index contributed by atoms with van der Waals surface area (Å²) in [6.45, 7) is 11.6. The largest absolute Gasteiger partial charge is 0.347 e. The fourth-order valence-corrected chi connectivity index (χ4v) is 6.23. The Bertz CT molecular complexity index is 1420. The van der Waals surface area contributed by atoms with Crippen LogP contribution >= 0.6 is 11.3 Å². The van der Waals surface area contributed by atoms with Crippen molar-refractivity contribution in [3.05, 3.63) is 44.8 Å². The van der Waals surface area contributed by atoms with Crippen molar-refractivity contribution in [3.63, 3.8) is 0 Å². The lowest BCUT2D eigenvalue weighted by atomic mass is 9.67. The molecule has 8 nitrogen and oxygen atoms in total. The van der Waals surface area contributed by atoms with Crippen LogP contribution in [0.4, 0.5) is 0 Å². The summed E-state index contributed by atoms with van der Waals surface area (Å²) in [5.74, 6) is 0.236. The van der Waals surface area contributed by atoms with Crippen LogP contribution in [-0.2, 0) is 13.6 Å². The van der Waals surface area contributed by atoms with E-state index in [-0.39, 0.29) is 34.5 Å². The number of aromatic nitrogens is 4. The molecular weight excluding hydrogens is 460 g/mol. The molecule has 1 aliphatic heterocycles. The summed E-state index contributed by atoms with van der Waals surface area (Å²) in [5, 5.41) is 6.20. The van der Waals surface area contributed by atoms with Crippen LogP contribution in [0.3, 0.4) is 0 Å². The van der Waals surface area contributed by atoms with Gasteiger partial charge in [0.1, 0.15) is 5.69 Å². The van der Waals surface area contributed by atoms with Crippen molar-refractivity contribution in [2.24, 2.45) is 28.8 Å². The highest BCUT2D eigenvalue weighted by molar-refractivity contribution is 7.15. The number of nitrogens with zero attached hydrogens (tertiary/aromatic N) is 5. The number of fused-ring (bicyclic) bond motifs is 2. The summed E-state index contributed by atoms with van der Waals surface area (Å²) in [4.78, 5) is 36.4. The first-order valence-corrected chi connectivity index (χ1v) is 13.4. The molecule has 9 heteroatoms. The zero-order valence-corrected chi connectivity index (χ0v) is 22.4. The molecule has 0 saturated heterocycles. The van der Waals surface area contributed by atoms with Gasteiger partial charge in [-0.2, -0.15) is 0 Å². The van der Waals surface area contributed by atoms with Crippen LogP contribution in [0.2, 0.25) is 0 Å². The topological polar surface area (TPSA) is 85.7 Å². The lowest BCUT2D eigenvalue weighted by Gasteiger charge is -2.44. The molecule has 4 heterocycles. The van der Waals surface area contributed by atoms with Crippen molar-refractivity contribution in [1.82, 2.24) is 23.8 Å². The number of carbonyl (C=O) groups excluding carboxylic acids is 1. The molecule has 1 N–H and O–H groups in total. The van der Waals surface area contributed by atoms with Crippen molar-refractivity contribution >= 4 is 28.3 Å². The summed E-state index contributed by atoms with van der Waals surface area (Å²) >= 11 is 1.52. The normalized spacial score (nSPS) is 24.0. The van der Waals surface area contributed by atoms with Gasteiger partial charge in [0.25, 0.3) is 5.91 Å². The van der Waals surface area contributed by atoms with Gasteiger partial charge in [0, 0.05) is 37.4 Å². The first kappa shape index (κ1) is 24.0. The molecule has 1 amide bonds. The Morgan fingerprint density at radius 1 is 1.31 bits per heavy atom. The summed E-state index contributed by atoms with van der Waals surface area (Å²) in [6.07, 6.45) is 9.69. The molecule has 1 saturated carbocycles. The van der Waals surface area contributed by atoms with Crippen molar-refractivity contribution < 1.29 is 4.79 Å². The number of imidazole rings is 2. The van der Waals surface area contributed by atoms with E-state index in [4.69, 9.17) is 4.99 Å². The number of hydrogen-bond acceptors (Lipinski definition) is 5. The molecule has 0 radical (unpaired) electrons. The summed E-state index contributed by atoms with van der Waals surface area (Å²) < 4.78 is 5.46. The summed E-state index contributed by atoms with van der Waals surface area (Å²) in [7, 11) is 1.82. The van der Waals surface area contributed by atoms with E-state index in [1.54, 1.807) is 10.8 Å². The van der Waals surface area contributed by atoms with E-state index in [9.17, 15) is 9.59 Å². The van der Waals surface area contributed by atoms with Gasteiger partial charge in [-0.15, -0.1) is 11.3 Å². The molecule has 0 bridgehead atoms. The Labute approximate surface area is 209 Å². The monoisotopic (exact) mass is 496 g/mol. The third-order valence-electron chi connectivity index (χ3n) is 7.65. The van der Waals surface area contributed by atoms with E-state index in [0.29, 0.717) is 18.2 Å². The van der Waals surface area contributed by atoms with E-state index in [1.165, 1.54) is 11.3 Å². The zero-order valence-electron chi connectivity index (χ0n) is 21.5. The van der Waals surface area contributed by atoms with E-state index in [1.807, 2.05) is 27.6 Å². The molecule has 3 aromatic rings. The van der Waals surface area contributed by atoms with Crippen LogP contribution < -0.4 is 21.8 Å². The van der Waals surface area contributed by atoms with Crippen LogP contribution in [-0.4, -0.2) is 36.5 Å². The van der Waals surface area contributed by atoms with E-state index < -0.39 is 0 Å². The smallest absolute Gasteiger partial charge is 0.330 e. The van der Waals surface area contributed by atoms with Gasteiger partial charge in [-0.05, 0) is 42.4 Å². The quantitative estimate of drug-likeness (QED) is 0.603. The van der Waals surface area contributed by atoms with Gasteiger partial charge in [0.15, 0.2) is 10.4 Å². The average Bonchev–Trinajstić information content (AvgIpc) is 3.44. The van der Waals surface area contributed by atoms with Crippen molar-refractivity contribution in [2.45, 2.75) is 78.9 Å². The van der Waals surface area contributed by atoms with Crippen LogP contribution in [0, 0.1) is 16.7 Å². The van der Waals surface area contributed by atoms with Crippen LogP contribution in [0.5, 0.6) is 0 Å². The van der Waals surface area contributed by atoms with Gasteiger partial charge in [-0.25, -0.2) is 9.78 Å². The van der Waals surface area contributed by atoms with Gasteiger partial charge < -0.3 is 5.32 Å². The first-order chi connectivity index (χ1) is 16.4. The fourth-order valence-electron chi connectivity index (χ4n) is 5.53. The third-order valence-corrected chi connectivity index (χ3v) is 8.42. The number of nitrogens with one attached hydrogen (secondary N) is 1.